The van der Waals surface area contributed by atoms with Crippen LogP contribution in [0.15, 0.2) is 22.8 Å². The first-order chi connectivity index (χ1) is 8.58. The molecule has 3 nitrogen and oxygen atoms in total. The number of aromatic nitrogens is 2. The van der Waals surface area contributed by atoms with E-state index in [-0.39, 0.29) is 0 Å². The number of hydrogen-bond donors (Lipinski definition) is 0. The third-order valence-corrected chi connectivity index (χ3v) is 4.08. The van der Waals surface area contributed by atoms with Gasteiger partial charge in [0.1, 0.15) is 21.9 Å². The highest BCUT2D eigenvalue weighted by Gasteiger charge is 2.16. The average Bonchev–Trinajstić information content (AvgIpc) is 2.65. The minimum Gasteiger partial charge on any atom is -0.496 e. The molecule has 0 saturated heterocycles. The van der Waals surface area contributed by atoms with Gasteiger partial charge in [0.2, 0.25) is 0 Å². The fourth-order valence-corrected chi connectivity index (χ4v) is 2.47. The van der Waals surface area contributed by atoms with Gasteiger partial charge in [-0.2, -0.15) is 0 Å². The number of halogens is 1. The van der Waals surface area contributed by atoms with Gasteiger partial charge >= 0.3 is 0 Å². The zero-order valence-corrected chi connectivity index (χ0v) is 12.7. The molecular weight excluding hydrogens is 292 g/mol. The van der Waals surface area contributed by atoms with Crippen molar-refractivity contribution in [1.82, 2.24) is 9.55 Å². The fourth-order valence-electron chi connectivity index (χ4n) is 1.92. The molecule has 0 N–H and O–H groups in total. The molecule has 2 aromatic rings. The topological polar surface area (TPSA) is 27.1 Å². The molecule has 0 saturated carbocycles. The zero-order valence-electron chi connectivity index (χ0n) is 11.1. The van der Waals surface area contributed by atoms with Gasteiger partial charge in [0.15, 0.2) is 0 Å². The second-order valence-corrected chi connectivity index (χ2v) is 5.00. The molecule has 96 valence electrons. The fraction of sp³-hybridized carbons (Fsp3) is 0.357. The molecule has 1 heterocycles. The van der Waals surface area contributed by atoms with Crippen LogP contribution in [0, 0.1) is 6.92 Å². The number of methoxy groups -OCH3 is 1. The summed E-state index contributed by atoms with van der Waals surface area (Å²) in [5.41, 5.74) is 3.25. The molecule has 4 heteroatoms. The molecule has 0 atom stereocenters. The maximum atomic E-state index is 5.43. The number of imidazole rings is 1. The van der Waals surface area contributed by atoms with Crippen molar-refractivity contribution in [3.8, 4) is 17.0 Å². The third kappa shape index (κ3) is 2.17. The second kappa shape index (κ2) is 5.14. The summed E-state index contributed by atoms with van der Waals surface area (Å²) >= 11 is 3.59. The third-order valence-electron chi connectivity index (χ3n) is 3.18. The smallest absolute Gasteiger partial charge is 0.128 e. The van der Waals surface area contributed by atoms with E-state index in [0.717, 1.165) is 33.9 Å². The van der Waals surface area contributed by atoms with Crippen LogP contribution in [0.4, 0.5) is 0 Å². The Balaban J connectivity index is 2.64. The van der Waals surface area contributed by atoms with Crippen molar-refractivity contribution in [3.63, 3.8) is 0 Å². The average molecular weight is 309 g/mol. The number of hydrogen-bond acceptors (Lipinski definition) is 2. The minimum atomic E-state index is 0.853. The Labute approximate surface area is 116 Å². The van der Waals surface area contributed by atoms with Crippen molar-refractivity contribution in [3.05, 3.63) is 34.2 Å². The van der Waals surface area contributed by atoms with Crippen LogP contribution in [0.5, 0.6) is 5.75 Å². The Morgan fingerprint density at radius 1 is 1.39 bits per heavy atom. The van der Waals surface area contributed by atoms with Gasteiger partial charge in [-0.15, -0.1) is 0 Å². The van der Waals surface area contributed by atoms with E-state index in [1.807, 2.05) is 24.6 Å². The molecule has 0 radical (unpaired) electrons. The quantitative estimate of drug-likeness (QED) is 0.864. The van der Waals surface area contributed by atoms with Crippen LogP contribution >= 0.6 is 15.9 Å². The Hall–Kier alpha value is -1.29. The van der Waals surface area contributed by atoms with Gasteiger partial charge in [-0.25, -0.2) is 4.98 Å². The maximum Gasteiger partial charge on any atom is 0.128 e. The number of nitrogens with zero attached hydrogens (tertiary/aromatic N) is 2. The van der Waals surface area contributed by atoms with Crippen LogP contribution in [-0.2, 0) is 13.5 Å². The van der Waals surface area contributed by atoms with E-state index in [2.05, 4.69) is 40.0 Å². The van der Waals surface area contributed by atoms with E-state index in [9.17, 15) is 0 Å². The van der Waals surface area contributed by atoms with Gasteiger partial charge in [-0.1, -0.05) is 13.0 Å². The molecule has 1 aromatic carbocycles. The van der Waals surface area contributed by atoms with Gasteiger partial charge in [0.25, 0.3) is 0 Å². The molecule has 18 heavy (non-hydrogen) atoms. The predicted octanol–water partition coefficient (Wildman–Crippen LogP) is 3.73. The first-order valence-corrected chi connectivity index (χ1v) is 6.73. The second-order valence-electron chi connectivity index (χ2n) is 4.25. The molecule has 2 rings (SSSR count). The maximum absolute atomic E-state index is 5.43. The van der Waals surface area contributed by atoms with E-state index in [1.54, 1.807) is 7.11 Å². The van der Waals surface area contributed by atoms with Crippen LogP contribution in [0.1, 0.15) is 18.3 Å². The van der Waals surface area contributed by atoms with Gasteiger partial charge < -0.3 is 9.30 Å². The Kier molecular flexibility index (Phi) is 3.76. The van der Waals surface area contributed by atoms with Gasteiger partial charge in [-0.3, -0.25) is 0 Å². The van der Waals surface area contributed by atoms with Crippen LogP contribution in [0.25, 0.3) is 11.3 Å². The molecule has 0 spiro atoms. The van der Waals surface area contributed by atoms with Crippen molar-refractivity contribution in [1.29, 1.82) is 0 Å². The lowest BCUT2D eigenvalue weighted by Gasteiger charge is -2.09. The lowest BCUT2D eigenvalue weighted by atomic mass is 10.1. The van der Waals surface area contributed by atoms with Crippen LogP contribution in [0.2, 0.25) is 0 Å². The summed E-state index contributed by atoms with van der Waals surface area (Å²) in [6.45, 7) is 4.13. The molecular formula is C14H17BrN2O. The number of aryl methyl sites for hydroxylation is 2. The minimum absolute atomic E-state index is 0.853. The Bertz CT molecular complexity index is 575. The molecule has 0 bridgehead atoms. The van der Waals surface area contributed by atoms with Crippen LogP contribution < -0.4 is 4.74 Å². The summed E-state index contributed by atoms with van der Waals surface area (Å²) in [4.78, 5) is 4.60. The van der Waals surface area contributed by atoms with Crippen molar-refractivity contribution < 1.29 is 4.74 Å². The molecule has 0 amide bonds. The summed E-state index contributed by atoms with van der Waals surface area (Å²) in [7, 11) is 3.68. The molecule has 0 aliphatic heterocycles. The number of ether oxygens (including phenoxy) is 1. The highest BCUT2D eigenvalue weighted by atomic mass is 79.9. The number of rotatable bonds is 3. The lowest BCUT2D eigenvalue weighted by Crippen LogP contribution is -1.92. The van der Waals surface area contributed by atoms with E-state index in [1.165, 1.54) is 5.56 Å². The molecule has 0 fully saturated rings. The Morgan fingerprint density at radius 3 is 2.61 bits per heavy atom. The highest BCUT2D eigenvalue weighted by molar-refractivity contribution is 9.10. The number of benzene rings is 1. The van der Waals surface area contributed by atoms with Crippen molar-refractivity contribution >= 4 is 15.9 Å². The van der Waals surface area contributed by atoms with Crippen molar-refractivity contribution in [2.24, 2.45) is 7.05 Å². The van der Waals surface area contributed by atoms with E-state index >= 15 is 0 Å². The summed E-state index contributed by atoms with van der Waals surface area (Å²) in [5.74, 6) is 1.83. The summed E-state index contributed by atoms with van der Waals surface area (Å²) in [6, 6.07) is 6.24. The van der Waals surface area contributed by atoms with Gasteiger partial charge in [-0.05, 0) is 47.0 Å². The molecule has 1 aromatic heterocycles. The monoisotopic (exact) mass is 308 g/mol. The predicted molar refractivity (Wildman–Crippen MR) is 77.0 cm³/mol. The normalized spacial score (nSPS) is 10.7. The summed E-state index contributed by atoms with van der Waals surface area (Å²) < 4.78 is 8.43. The summed E-state index contributed by atoms with van der Waals surface area (Å²) in [6.07, 6.45) is 1.00. The highest BCUT2D eigenvalue weighted by Crippen LogP contribution is 2.35. The summed E-state index contributed by atoms with van der Waals surface area (Å²) in [5, 5.41) is 0. The van der Waals surface area contributed by atoms with Crippen LogP contribution in [-0.4, -0.2) is 16.7 Å². The zero-order chi connectivity index (χ0) is 13.3. The van der Waals surface area contributed by atoms with Crippen molar-refractivity contribution in [2.75, 3.05) is 7.11 Å². The molecule has 0 unspecified atom stereocenters. The van der Waals surface area contributed by atoms with Crippen molar-refractivity contribution in [2.45, 2.75) is 20.3 Å². The first kappa shape index (κ1) is 13.1. The molecule has 0 aliphatic rings. The van der Waals surface area contributed by atoms with Gasteiger partial charge in [0, 0.05) is 12.6 Å². The Morgan fingerprint density at radius 2 is 2.11 bits per heavy atom. The molecule has 0 aliphatic carbocycles. The van der Waals surface area contributed by atoms with Crippen LogP contribution in [0.3, 0.4) is 0 Å². The largest absolute Gasteiger partial charge is 0.496 e. The van der Waals surface area contributed by atoms with E-state index in [0.29, 0.717) is 0 Å². The van der Waals surface area contributed by atoms with E-state index < -0.39 is 0 Å². The standard InChI is InChI=1S/C14H17BrN2O/c1-5-10-6-7-12(18-4)11(8-10)13-14(15)17(3)9(2)16-13/h6-8H,5H2,1-4H3. The SMILES string of the molecule is CCc1ccc(OC)c(-c2nc(C)n(C)c2Br)c1. The van der Waals surface area contributed by atoms with E-state index in [4.69, 9.17) is 4.74 Å². The first-order valence-electron chi connectivity index (χ1n) is 5.94. The van der Waals surface area contributed by atoms with Gasteiger partial charge in [0.05, 0.1) is 7.11 Å². The lowest BCUT2D eigenvalue weighted by molar-refractivity contribution is 0.416.